The van der Waals surface area contributed by atoms with Crippen LogP contribution in [0.25, 0.3) is 0 Å². The van der Waals surface area contributed by atoms with Gasteiger partial charge in [0.1, 0.15) is 0 Å². The molecule has 0 amide bonds. The molecule has 15 heavy (non-hydrogen) atoms. The molecule has 1 aromatic heterocycles. The molecule has 5 heteroatoms. The van der Waals surface area contributed by atoms with Crippen molar-refractivity contribution in [3.05, 3.63) is 22.7 Å². The Morgan fingerprint density at radius 3 is 3.20 bits per heavy atom. The third-order valence-corrected chi connectivity index (χ3v) is 3.32. The van der Waals surface area contributed by atoms with Gasteiger partial charge in [0.25, 0.3) is 5.56 Å². The highest BCUT2D eigenvalue weighted by Crippen LogP contribution is 2.26. The lowest BCUT2D eigenvalue weighted by molar-refractivity contribution is 0.548. The van der Waals surface area contributed by atoms with Gasteiger partial charge in [-0.3, -0.25) is 4.79 Å². The minimum absolute atomic E-state index is 0.137. The molecule has 0 aromatic carbocycles. The van der Waals surface area contributed by atoms with Crippen LogP contribution in [0.2, 0.25) is 0 Å². The number of aromatic nitrogens is 2. The van der Waals surface area contributed by atoms with Gasteiger partial charge in [-0.2, -0.15) is 0 Å². The molecule has 1 fully saturated rings. The van der Waals surface area contributed by atoms with Crippen molar-refractivity contribution >= 4 is 17.4 Å². The minimum atomic E-state index is -0.137. The van der Waals surface area contributed by atoms with Crippen LogP contribution in [0.3, 0.4) is 0 Å². The molecular weight excluding hydrogens is 214 g/mol. The molecule has 1 aromatic rings. The van der Waals surface area contributed by atoms with Gasteiger partial charge in [-0.05, 0) is 12.3 Å². The van der Waals surface area contributed by atoms with Crippen molar-refractivity contribution in [2.24, 2.45) is 5.92 Å². The number of hydrogen-bond donors (Lipinski definition) is 1. The largest absolute Gasteiger partial charge is 0.348 e. The molecule has 2 atom stereocenters. The van der Waals surface area contributed by atoms with Crippen molar-refractivity contribution in [1.82, 2.24) is 9.97 Å². The van der Waals surface area contributed by atoms with E-state index in [1.54, 1.807) is 12.4 Å². The summed E-state index contributed by atoms with van der Waals surface area (Å²) < 4.78 is 0. The van der Waals surface area contributed by atoms with Gasteiger partial charge in [0.05, 0.1) is 0 Å². The van der Waals surface area contributed by atoms with Gasteiger partial charge in [0.15, 0.2) is 5.82 Å². The summed E-state index contributed by atoms with van der Waals surface area (Å²) in [6.07, 6.45) is 4.21. The molecule has 0 spiro atoms. The predicted molar refractivity (Wildman–Crippen MR) is 60.5 cm³/mol. The molecule has 82 valence electrons. The maximum Gasteiger partial charge on any atom is 0.290 e. The molecule has 0 radical (unpaired) electrons. The first-order chi connectivity index (χ1) is 7.24. The maximum absolute atomic E-state index is 11.6. The molecule has 1 aliphatic heterocycles. The molecule has 4 nitrogen and oxygen atoms in total. The summed E-state index contributed by atoms with van der Waals surface area (Å²) in [5.41, 5.74) is -0.137. The van der Waals surface area contributed by atoms with Gasteiger partial charge < -0.3 is 9.88 Å². The summed E-state index contributed by atoms with van der Waals surface area (Å²) in [5, 5.41) is 0. The Morgan fingerprint density at radius 1 is 1.73 bits per heavy atom. The summed E-state index contributed by atoms with van der Waals surface area (Å²) in [7, 11) is 0. The zero-order valence-corrected chi connectivity index (χ0v) is 9.37. The number of nitrogens with one attached hydrogen (secondary N) is 1. The van der Waals surface area contributed by atoms with Gasteiger partial charge in [-0.25, -0.2) is 4.98 Å². The van der Waals surface area contributed by atoms with Gasteiger partial charge in [-0.1, -0.05) is 6.92 Å². The SMILES string of the molecule is CC1CCN(c2ncc[nH]c2=O)C1CCl. The van der Waals surface area contributed by atoms with Crippen LogP contribution in [0.5, 0.6) is 0 Å². The van der Waals surface area contributed by atoms with Crippen LogP contribution in [0.15, 0.2) is 17.2 Å². The van der Waals surface area contributed by atoms with E-state index < -0.39 is 0 Å². The van der Waals surface area contributed by atoms with Gasteiger partial charge in [0, 0.05) is 30.9 Å². The fourth-order valence-corrected chi connectivity index (χ4v) is 2.53. The van der Waals surface area contributed by atoms with E-state index in [2.05, 4.69) is 16.9 Å². The van der Waals surface area contributed by atoms with Crippen LogP contribution in [-0.4, -0.2) is 28.4 Å². The van der Waals surface area contributed by atoms with Crippen LogP contribution in [0.1, 0.15) is 13.3 Å². The van der Waals surface area contributed by atoms with Crippen molar-refractivity contribution in [2.75, 3.05) is 17.3 Å². The highest BCUT2D eigenvalue weighted by Gasteiger charge is 2.32. The molecule has 1 aliphatic rings. The summed E-state index contributed by atoms with van der Waals surface area (Å²) in [4.78, 5) is 20.3. The van der Waals surface area contributed by atoms with Crippen LogP contribution in [0.4, 0.5) is 5.82 Å². The lowest BCUT2D eigenvalue weighted by Gasteiger charge is -2.24. The number of halogens is 1. The van der Waals surface area contributed by atoms with E-state index in [1.165, 1.54) is 0 Å². The van der Waals surface area contributed by atoms with Gasteiger partial charge in [0.2, 0.25) is 0 Å². The average Bonchev–Trinajstić information content (AvgIpc) is 2.60. The Labute approximate surface area is 93.3 Å². The van der Waals surface area contributed by atoms with E-state index in [0.717, 1.165) is 13.0 Å². The first-order valence-corrected chi connectivity index (χ1v) is 5.63. The van der Waals surface area contributed by atoms with Crippen molar-refractivity contribution in [3.63, 3.8) is 0 Å². The Balaban J connectivity index is 2.32. The summed E-state index contributed by atoms with van der Waals surface area (Å²) >= 11 is 5.92. The van der Waals surface area contributed by atoms with Crippen molar-refractivity contribution in [2.45, 2.75) is 19.4 Å². The molecular formula is C10H14ClN3O. The lowest BCUT2D eigenvalue weighted by atomic mass is 10.1. The summed E-state index contributed by atoms with van der Waals surface area (Å²) in [6, 6.07) is 0.225. The number of nitrogens with zero attached hydrogens (tertiary/aromatic N) is 2. The Bertz CT molecular complexity index is 392. The Hall–Kier alpha value is -1.03. The number of anilines is 1. The number of rotatable bonds is 2. The smallest absolute Gasteiger partial charge is 0.290 e. The number of alkyl halides is 1. The summed E-state index contributed by atoms with van der Waals surface area (Å²) in [6.45, 7) is 3.02. The van der Waals surface area contributed by atoms with Crippen molar-refractivity contribution < 1.29 is 0 Å². The molecule has 1 saturated heterocycles. The van der Waals surface area contributed by atoms with E-state index in [-0.39, 0.29) is 11.6 Å². The standard InChI is InChI=1S/C10H14ClN3O/c1-7-2-5-14(8(7)6-11)9-10(15)13-4-3-12-9/h3-4,7-8H,2,5-6H2,1H3,(H,13,15). The minimum Gasteiger partial charge on any atom is -0.348 e. The second-order valence-electron chi connectivity index (χ2n) is 3.92. The van der Waals surface area contributed by atoms with Crippen molar-refractivity contribution in [3.8, 4) is 0 Å². The zero-order chi connectivity index (χ0) is 10.8. The molecule has 0 aliphatic carbocycles. The quantitative estimate of drug-likeness (QED) is 0.773. The molecule has 2 heterocycles. The number of aromatic amines is 1. The molecule has 1 N–H and O–H groups in total. The topological polar surface area (TPSA) is 49.0 Å². The lowest BCUT2D eigenvalue weighted by Crippen LogP contribution is -2.37. The third kappa shape index (κ3) is 1.86. The van der Waals surface area contributed by atoms with Crippen molar-refractivity contribution in [1.29, 1.82) is 0 Å². The molecule has 0 saturated carbocycles. The third-order valence-electron chi connectivity index (χ3n) is 3.00. The number of H-pyrrole nitrogens is 1. The average molecular weight is 228 g/mol. The highest BCUT2D eigenvalue weighted by molar-refractivity contribution is 6.18. The Kier molecular flexibility index (Phi) is 2.95. The van der Waals surface area contributed by atoms with Crippen LogP contribution in [0, 0.1) is 5.92 Å². The van der Waals surface area contributed by atoms with Crippen LogP contribution < -0.4 is 10.5 Å². The first-order valence-electron chi connectivity index (χ1n) is 5.10. The van der Waals surface area contributed by atoms with Gasteiger partial charge in [-0.15, -0.1) is 11.6 Å². The second-order valence-corrected chi connectivity index (χ2v) is 4.23. The predicted octanol–water partition coefficient (Wildman–Crippen LogP) is 1.22. The maximum atomic E-state index is 11.6. The monoisotopic (exact) mass is 227 g/mol. The zero-order valence-electron chi connectivity index (χ0n) is 8.61. The highest BCUT2D eigenvalue weighted by atomic mass is 35.5. The van der Waals surface area contributed by atoms with E-state index >= 15 is 0 Å². The Morgan fingerprint density at radius 2 is 2.53 bits per heavy atom. The van der Waals surface area contributed by atoms with E-state index in [0.29, 0.717) is 17.6 Å². The van der Waals surface area contributed by atoms with E-state index in [9.17, 15) is 4.79 Å². The molecule has 2 rings (SSSR count). The second kappa shape index (κ2) is 4.23. The van der Waals surface area contributed by atoms with E-state index in [4.69, 9.17) is 11.6 Å². The fraction of sp³-hybridized carbons (Fsp3) is 0.600. The van der Waals surface area contributed by atoms with Crippen LogP contribution >= 0.6 is 11.6 Å². The number of hydrogen-bond acceptors (Lipinski definition) is 3. The molecule has 0 bridgehead atoms. The first kappa shape index (κ1) is 10.5. The van der Waals surface area contributed by atoms with Gasteiger partial charge >= 0.3 is 0 Å². The summed E-state index contributed by atoms with van der Waals surface area (Å²) in [5.74, 6) is 1.55. The van der Waals surface area contributed by atoms with Crippen LogP contribution in [-0.2, 0) is 0 Å². The van der Waals surface area contributed by atoms with E-state index in [1.807, 2.05) is 4.90 Å². The normalized spacial score (nSPS) is 25.9. The fourth-order valence-electron chi connectivity index (χ4n) is 2.06. The molecule has 2 unspecified atom stereocenters.